The number of rotatable bonds is 9. The number of anilines is 1. The lowest BCUT2D eigenvalue weighted by molar-refractivity contribution is 0.201. The van der Waals surface area contributed by atoms with E-state index in [1.54, 1.807) is 12.0 Å². The van der Waals surface area contributed by atoms with E-state index in [4.69, 9.17) is 14.3 Å². The monoisotopic (exact) mass is 244 g/mol. The largest absolute Gasteiger partial charge is 0.407 e. The highest BCUT2D eigenvalue weighted by molar-refractivity contribution is 5.23. The molecule has 1 rings (SSSR count). The maximum absolute atomic E-state index is 8.96. The van der Waals surface area contributed by atoms with E-state index in [9.17, 15) is 0 Å². The third-order valence-electron chi connectivity index (χ3n) is 2.19. The summed E-state index contributed by atoms with van der Waals surface area (Å²) in [5.74, 6) is 0.544. The molecule has 98 valence electrons. The number of methoxy groups -OCH3 is 1. The molecule has 1 aromatic rings. The van der Waals surface area contributed by atoms with Crippen molar-refractivity contribution in [1.82, 2.24) is 15.5 Å². The quantitative estimate of drug-likeness (QED) is 0.613. The normalized spacial score (nSPS) is 10.8. The van der Waals surface area contributed by atoms with Gasteiger partial charge in [0.25, 0.3) is 0 Å². The van der Waals surface area contributed by atoms with Crippen LogP contribution in [0.25, 0.3) is 0 Å². The maximum Gasteiger partial charge on any atom is 0.318 e. The second kappa shape index (κ2) is 7.99. The predicted molar refractivity (Wildman–Crippen MR) is 62.9 cm³/mol. The molecule has 0 spiro atoms. The minimum Gasteiger partial charge on any atom is -0.407 e. The highest BCUT2D eigenvalue weighted by Crippen LogP contribution is 2.11. The predicted octanol–water partition coefficient (Wildman–Crippen LogP) is -0.376. The second-order valence-corrected chi connectivity index (χ2v) is 3.46. The molecule has 0 bridgehead atoms. The van der Waals surface area contributed by atoms with E-state index in [0.717, 1.165) is 6.54 Å². The molecule has 7 heteroatoms. The van der Waals surface area contributed by atoms with Crippen molar-refractivity contribution in [2.24, 2.45) is 0 Å². The molecular formula is C10H20N4O3. The molecule has 0 saturated carbocycles. The molecule has 2 N–H and O–H groups in total. The molecule has 0 atom stereocenters. The van der Waals surface area contributed by atoms with Gasteiger partial charge in [-0.3, -0.25) is 0 Å². The van der Waals surface area contributed by atoms with Crippen molar-refractivity contribution in [2.45, 2.75) is 13.5 Å². The fourth-order valence-electron chi connectivity index (χ4n) is 1.30. The molecule has 0 aromatic carbocycles. The van der Waals surface area contributed by atoms with Crippen LogP contribution in [0.4, 0.5) is 6.01 Å². The fraction of sp³-hybridized carbons (Fsp3) is 0.800. The van der Waals surface area contributed by atoms with E-state index in [1.807, 2.05) is 6.92 Å². The van der Waals surface area contributed by atoms with Gasteiger partial charge in [-0.25, -0.2) is 0 Å². The Labute approximate surface area is 101 Å². The van der Waals surface area contributed by atoms with E-state index >= 15 is 0 Å². The third-order valence-corrected chi connectivity index (χ3v) is 2.19. The van der Waals surface area contributed by atoms with Crippen LogP contribution in [0, 0.1) is 0 Å². The Balaban J connectivity index is 2.56. The van der Waals surface area contributed by atoms with Crippen LogP contribution in [0.2, 0.25) is 0 Å². The minimum atomic E-state index is 0.0363. The molecule has 7 nitrogen and oxygen atoms in total. The zero-order valence-electron chi connectivity index (χ0n) is 10.3. The van der Waals surface area contributed by atoms with E-state index < -0.39 is 0 Å². The number of aliphatic hydroxyl groups excluding tert-OH is 1. The van der Waals surface area contributed by atoms with Crippen molar-refractivity contribution in [3.63, 3.8) is 0 Å². The summed E-state index contributed by atoms with van der Waals surface area (Å²) in [5.41, 5.74) is 0. The number of ether oxygens (including phenoxy) is 1. The Kier molecular flexibility index (Phi) is 6.53. The first-order chi connectivity index (χ1) is 8.31. The van der Waals surface area contributed by atoms with Crippen LogP contribution in [0.3, 0.4) is 0 Å². The molecule has 1 heterocycles. The zero-order valence-corrected chi connectivity index (χ0v) is 10.3. The van der Waals surface area contributed by atoms with Gasteiger partial charge in [0.05, 0.1) is 19.8 Å². The number of aromatic nitrogens is 2. The van der Waals surface area contributed by atoms with Gasteiger partial charge in [0, 0.05) is 20.2 Å². The lowest BCUT2D eigenvalue weighted by Crippen LogP contribution is -2.30. The SMILES string of the molecule is CCNCc1nnc(N(CCO)CCOC)o1. The molecule has 0 unspecified atom stereocenters. The fourth-order valence-corrected chi connectivity index (χ4v) is 1.30. The minimum absolute atomic E-state index is 0.0363. The number of hydrogen-bond acceptors (Lipinski definition) is 7. The van der Waals surface area contributed by atoms with Crippen LogP contribution in [0.5, 0.6) is 0 Å². The lowest BCUT2D eigenvalue weighted by atomic mass is 10.5. The number of aliphatic hydroxyl groups is 1. The van der Waals surface area contributed by atoms with Crippen LogP contribution >= 0.6 is 0 Å². The molecule has 17 heavy (non-hydrogen) atoms. The lowest BCUT2D eigenvalue weighted by Gasteiger charge is -2.17. The van der Waals surface area contributed by atoms with E-state index in [2.05, 4.69) is 15.5 Å². The Hall–Kier alpha value is -1.18. The smallest absolute Gasteiger partial charge is 0.318 e. The summed E-state index contributed by atoms with van der Waals surface area (Å²) in [4.78, 5) is 1.80. The van der Waals surface area contributed by atoms with Gasteiger partial charge in [-0.05, 0) is 6.54 Å². The Morgan fingerprint density at radius 2 is 2.24 bits per heavy atom. The summed E-state index contributed by atoms with van der Waals surface area (Å²) in [6, 6.07) is 0.420. The molecule has 0 saturated heterocycles. The van der Waals surface area contributed by atoms with Crippen LogP contribution in [-0.2, 0) is 11.3 Å². The maximum atomic E-state index is 8.96. The molecule has 0 radical (unpaired) electrons. The van der Waals surface area contributed by atoms with Crippen LogP contribution in [-0.4, -0.2) is 55.3 Å². The summed E-state index contributed by atoms with van der Waals surface area (Å²) < 4.78 is 10.5. The first-order valence-corrected chi connectivity index (χ1v) is 5.69. The Morgan fingerprint density at radius 1 is 1.41 bits per heavy atom. The van der Waals surface area contributed by atoms with Gasteiger partial charge < -0.3 is 24.5 Å². The number of hydrogen-bond donors (Lipinski definition) is 2. The molecule has 1 aromatic heterocycles. The highest BCUT2D eigenvalue weighted by atomic mass is 16.5. The van der Waals surface area contributed by atoms with Crippen molar-refractivity contribution >= 4 is 6.01 Å². The van der Waals surface area contributed by atoms with Gasteiger partial charge in [-0.15, -0.1) is 5.10 Å². The van der Waals surface area contributed by atoms with Gasteiger partial charge in [0.1, 0.15) is 0 Å². The van der Waals surface area contributed by atoms with Crippen LogP contribution in [0.1, 0.15) is 12.8 Å². The van der Waals surface area contributed by atoms with Crippen molar-refractivity contribution in [3.05, 3.63) is 5.89 Å². The molecule has 0 fully saturated rings. The molecule has 0 amide bonds. The Bertz CT molecular complexity index is 305. The van der Waals surface area contributed by atoms with Crippen LogP contribution in [0.15, 0.2) is 4.42 Å². The van der Waals surface area contributed by atoms with Gasteiger partial charge in [-0.2, -0.15) is 0 Å². The van der Waals surface area contributed by atoms with E-state index in [-0.39, 0.29) is 6.61 Å². The third kappa shape index (κ3) is 4.68. The average molecular weight is 244 g/mol. The van der Waals surface area contributed by atoms with Crippen molar-refractivity contribution in [1.29, 1.82) is 0 Å². The summed E-state index contributed by atoms with van der Waals surface area (Å²) in [6.45, 7) is 5.06. The van der Waals surface area contributed by atoms with Gasteiger partial charge in [0.2, 0.25) is 5.89 Å². The van der Waals surface area contributed by atoms with E-state index in [0.29, 0.717) is 38.1 Å². The second-order valence-electron chi connectivity index (χ2n) is 3.46. The van der Waals surface area contributed by atoms with Crippen LogP contribution < -0.4 is 10.2 Å². The van der Waals surface area contributed by atoms with Gasteiger partial charge in [0.15, 0.2) is 0 Å². The number of nitrogens with zero attached hydrogens (tertiary/aromatic N) is 3. The highest BCUT2D eigenvalue weighted by Gasteiger charge is 2.13. The van der Waals surface area contributed by atoms with Crippen molar-refractivity contribution < 1.29 is 14.3 Å². The summed E-state index contributed by atoms with van der Waals surface area (Å²) in [6.07, 6.45) is 0. The topological polar surface area (TPSA) is 83.7 Å². The van der Waals surface area contributed by atoms with E-state index in [1.165, 1.54) is 0 Å². The number of nitrogens with one attached hydrogen (secondary N) is 1. The molecular weight excluding hydrogens is 224 g/mol. The van der Waals surface area contributed by atoms with Crippen molar-refractivity contribution in [2.75, 3.05) is 44.9 Å². The van der Waals surface area contributed by atoms with Gasteiger partial charge in [-0.1, -0.05) is 12.0 Å². The summed E-state index contributed by atoms with van der Waals surface area (Å²) >= 11 is 0. The first-order valence-electron chi connectivity index (χ1n) is 5.69. The molecule has 0 aliphatic heterocycles. The van der Waals surface area contributed by atoms with Crippen molar-refractivity contribution in [3.8, 4) is 0 Å². The summed E-state index contributed by atoms with van der Waals surface area (Å²) in [7, 11) is 1.63. The Morgan fingerprint density at radius 3 is 2.88 bits per heavy atom. The standard InChI is InChI=1S/C10H20N4O3/c1-3-11-8-9-12-13-10(17-9)14(4-6-15)5-7-16-2/h11,15H,3-8H2,1-2H3. The average Bonchev–Trinajstić information content (AvgIpc) is 2.80. The first kappa shape index (κ1) is 13.9. The molecule has 0 aliphatic rings. The molecule has 0 aliphatic carbocycles. The zero-order chi connectivity index (χ0) is 12.5. The van der Waals surface area contributed by atoms with Gasteiger partial charge >= 0.3 is 6.01 Å². The summed E-state index contributed by atoms with van der Waals surface area (Å²) in [5, 5.41) is 19.9.